The molecule has 1 aromatic rings. The zero-order valence-corrected chi connectivity index (χ0v) is 16.9. The van der Waals surface area contributed by atoms with Crippen molar-refractivity contribution in [1.82, 2.24) is 18.8 Å². The molecule has 4 rings (SSSR count). The van der Waals surface area contributed by atoms with Crippen LogP contribution in [-0.2, 0) is 10.2 Å². The quantitative estimate of drug-likeness (QED) is 0.767. The monoisotopic (exact) mass is 394 g/mol. The molecule has 8 nitrogen and oxygen atoms in total. The predicted molar refractivity (Wildman–Crippen MR) is 106 cm³/mol. The largest absolute Gasteiger partial charge is 0.352 e. The van der Waals surface area contributed by atoms with Gasteiger partial charge in [0, 0.05) is 51.9 Å². The van der Waals surface area contributed by atoms with Crippen molar-refractivity contribution in [2.24, 2.45) is 0 Å². The first-order valence-corrected chi connectivity index (χ1v) is 11.6. The summed E-state index contributed by atoms with van der Waals surface area (Å²) in [5.74, 6) is 1.78. The van der Waals surface area contributed by atoms with Crippen molar-refractivity contribution in [3.8, 4) is 0 Å². The van der Waals surface area contributed by atoms with E-state index in [0.29, 0.717) is 45.3 Å². The second-order valence-electron chi connectivity index (χ2n) is 7.79. The zero-order valence-electron chi connectivity index (χ0n) is 16.1. The molecule has 150 valence electrons. The molecule has 27 heavy (non-hydrogen) atoms. The van der Waals surface area contributed by atoms with Gasteiger partial charge in [0.25, 0.3) is 10.2 Å². The first-order valence-electron chi connectivity index (χ1n) is 10.2. The molecule has 4 heterocycles. The molecule has 3 aliphatic heterocycles. The maximum Gasteiger partial charge on any atom is 0.282 e. The van der Waals surface area contributed by atoms with Crippen LogP contribution in [0.15, 0.2) is 12.1 Å². The molecule has 0 spiro atoms. The van der Waals surface area contributed by atoms with Gasteiger partial charge in [-0.1, -0.05) is 0 Å². The van der Waals surface area contributed by atoms with Crippen LogP contribution < -0.4 is 9.80 Å². The Labute approximate surface area is 162 Å². The Morgan fingerprint density at radius 3 is 2.04 bits per heavy atom. The van der Waals surface area contributed by atoms with Gasteiger partial charge in [0.1, 0.15) is 0 Å². The van der Waals surface area contributed by atoms with E-state index in [2.05, 4.69) is 33.0 Å². The highest BCUT2D eigenvalue weighted by Gasteiger charge is 2.34. The summed E-state index contributed by atoms with van der Waals surface area (Å²) in [5.41, 5.74) is 0. The third-order valence-corrected chi connectivity index (χ3v) is 8.05. The number of anilines is 2. The van der Waals surface area contributed by atoms with Gasteiger partial charge in [-0.2, -0.15) is 17.0 Å². The van der Waals surface area contributed by atoms with Crippen molar-refractivity contribution in [3.05, 3.63) is 12.1 Å². The Bertz CT molecular complexity index is 727. The first-order chi connectivity index (χ1) is 13.1. The summed E-state index contributed by atoms with van der Waals surface area (Å²) in [6, 6.07) is 4.59. The molecule has 0 amide bonds. The van der Waals surface area contributed by atoms with Crippen LogP contribution in [0, 0.1) is 0 Å². The Morgan fingerprint density at radius 1 is 0.815 bits per heavy atom. The molecule has 3 fully saturated rings. The van der Waals surface area contributed by atoms with Crippen LogP contribution in [0.2, 0.25) is 0 Å². The van der Waals surface area contributed by atoms with Gasteiger partial charge >= 0.3 is 0 Å². The highest BCUT2D eigenvalue weighted by atomic mass is 32.2. The highest BCUT2D eigenvalue weighted by Crippen LogP contribution is 2.24. The van der Waals surface area contributed by atoms with E-state index in [4.69, 9.17) is 0 Å². The number of aromatic nitrogens is 2. The van der Waals surface area contributed by atoms with Crippen molar-refractivity contribution >= 4 is 21.8 Å². The Kier molecular flexibility index (Phi) is 5.52. The van der Waals surface area contributed by atoms with Gasteiger partial charge < -0.3 is 9.80 Å². The maximum absolute atomic E-state index is 12.7. The van der Waals surface area contributed by atoms with Crippen LogP contribution in [0.4, 0.5) is 11.6 Å². The normalized spacial score (nSPS) is 25.9. The summed E-state index contributed by atoms with van der Waals surface area (Å²) in [4.78, 5) is 4.47. The average molecular weight is 395 g/mol. The van der Waals surface area contributed by atoms with Crippen LogP contribution in [0.25, 0.3) is 0 Å². The standard InChI is InChI=1S/C18H30N6O2S/c1-16-6-2-3-11-24(16)18-8-7-17(19-20-18)21-12-14-23(15-13-21)27(25,26)22-9-4-5-10-22/h7-8,16H,2-6,9-15H2,1H3. The summed E-state index contributed by atoms with van der Waals surface area (Å²) in [7, 11) is -3.30. The number of piperidine rings is 1. The Hall–Kier alpha value is -1.45. The molecule has 9 heteroatoms. The molecule has 0 N–H and O–H groups in total. The predicted octanol–water partition coefficient (Wildman–Crippen LogP) is 1.32. The van der Waals surface area contributed by atoms with Crippen LogP contribution in [0.3, 0.4) is 0 Å². The summed E-state index contributed by atoms with van der Waals surface area (Å²) in [5, 5.41) is 8.89. The van der Waals surface area contributed by atoms with Crippen molar-refractivity contribution in [1.29, 1.82) is 0 Å². The molecular weight excluding hydrogens is 364 g/mol. The van der Waals surface area contributed by atoms with E-state index in [0.717, 1.165) is 31.0 Å². The van der Waals surface area contributed by atoms with Crippen LogP contribution in [0.5, 0.6) is 0 Å². The molecule has 3 saturated heterocycles. The van der Waals surface area contributed by atoms with Gasteiger partial charge in [0.15, 0.2) is 11.6 Å². The fourth-order valence-corrected chi connectivity index (χ4v) is 5.98. The smallest absolute Gasteiger partial charge is 0.282 e. The third kappa shape index (κ3) is 3.90. The first kappa shape index (κ1) is 18.9. The Morgan fingerprint density at radius 2 is 1.41 bits per heavy atom. The van der Waals surface area contributed by atoms with Gasteiger partial charge in [0.05, 0.1) is 0 Å². The molecule has 3 aliphatic rings. The summed E-state index contributed by atoms with van der Waals surface area (Å²) >= 11 is 0. The zero-order chi connectivity index (χ0) is 18.9. The lowest BCUT2D eigenvalue weighted by molar-refractivity contribution is 0.343. The minimum Gasteiger partial charge on any atom is -0.352 e. The summed E-state index contributed by atoms with van der Waals surface area (Å²) < 4.78 is 28.6. The van der Waals surface area contributed by atoms with Gasteiger partial charge in [-0.05, 0) is 51.2 Å². The Balaban J connectivity index is 1.37. The lowest BCUT2D eigenvalue weighted by Gasteiger charge is -2.36. The van der Waals surface area contributed by atoms with E-state index in [9.17, 15) is 8.42 Å². The topological polar surface area (TPSA) is 72.9 Å². The lowest BCUT2D eigenvalue weighted by atomic mass is 10.0. The SMILES string of the molecule is CC1CCCCN1c1ccc(N2CCN(S(=O)(=O)N3CCCC3)CC2)nn1. The van der Waals surface area contributed by atoms with Crippen molar-refractivity contribution in [3.63, 3.8) is 0 Å². The van der Waals surface area contributed by atoms with Gasteiger partial charge in [-0.15, -0.1) is 10.2 Å². The van der Waals surface area contributed by atoms with Gasteiger partial charge in [-0.3, -0.25) is 0 Å². The number of hydrogen-bond donors (Lipinski definition) is 0. The highest BCUT2D eigenvalue weighted by molar-refractivity contribution is 7.86. The molecule has 0 saturated carbocycles. The molecule has 1 aromatic heterocycles. The van der Waals surface area contributed by atoms with E-state index in [-0.39, 0.29) is 0 Å². The number of hydrogen-bond acceptors (Lipinski definition) is 6. The summed E-state index contributed by atoms with van der Waals surface area (Å²) in [6.45, 7) is 6.92. The molecule has 0 aliphatic carbocycles. The van der Waals surface area contributed by atoms with E-state index in [1.54, 1.807) is 8.61 Å². The average Bonchev–Trinajstić information content (AvgIpc) is 3.24. The maximum atomic E-state index is 12.7. The van der Waals surface area contributed by atoms with Crippen LogP contribution >= 0.6 is 0 Å². The van der Waals surface area contributed by atoms with Crippen molar-refractivity contribution in [2.75, 3.05) is 55.6 Å². The molecule has 0 bridgehead atoms. The van der Waals surface area contributed by atoms with Crippen LogP contribution in [0.1, 0.15) is 39.0 Å². The lowest BCUT2D eigenvalue weighted by Crippen LogP contribution is -2.52. The molecular formula is C18H30N6O2S. The number of rotatable bonds is 4. The van der Waals surface area contributed by atoms with E-state index in [1.165, 1.54) is 19.3 Å². The van der Waals surface area contributed by atoms with Crippen molar-refractivity contribution in [2.45, 2.75) is 45.1 Å². The number of piperazine rings is 1. The second-order valence-corrected chi connectivity index (χ2v) is 9.72. The fraction of sp³-hybridized carbons (Fsp3) is 0.778. The number of nitrogens with zero attached hydrogens (tertiary/aromatic N) is 6. The van der Waals surface area contributed by atoms with E-state index >= 15 is 0 Å². The van der Waals surface area contributed by atoms with Gasteiger partial charge in [0.2, 0.25) is 0 Å². The van der Waals surface area contributed by atoms with E-state index in [1.807, 2.05) is 6.07 Å². The minimum absolute atomic E-state index is 0.505. The second kappa shape index (κ2) is 7.89. The molecule has 1 atom stereocenters. The molecule has 0 radical (unpaired) electrons. The van der Waals surface area contributed by atoms with Gasteiger partial charge in [-0.25, -0.2) is 0 Å². The molecule has 1 unspecified atom stereocenters. The van der Waals surface area contributed by atoms with Crippen LogP contribution in [-0.4, -0.2) is 79.1 Å². The fourth-order valence-electron chi connectivity index (χ4n) is 4.31. The third-order valence-electron chi connectivity index (χ3n) is 6.01. The van der Waals surface area contributed by atoms with Crippen molar-refractivity contribution < 1.29 is 8.42 Å². The molecule has 0 aromatic carbocycles. The minimum atomic E-state index is -3.30. The summed E-state index contributed by atoms with van der Waals surface area (Å²) in [6.07, 6.45) is 5.64. The van der Waals surface area contributed by atoms with E-state index < -0.39 is 10.2 Å².